The summed E-state index contributed by atoms with van der Waals surface area (Å²) < 4.78 is 0.767. The number of hydrogen-bond donors (Lipinski definition) is 0. The second kappa shape index (κ2) is 7.60. The third-order valence-electron chi connectivity index (χ3n) is 5.02. The number of carbonyl (C=O) groups excluding carboxylic acids is 2. The maximum absolute atomic E-state index is 12.9. The molecule has 2 aromatic rings. The molecule has 0 bridgehead atoms. The molecule has 7 heteroatoms. The van der Waals surface area contributed by atoms with Gasteiger partial charge in [-0.15, -0.1) is 11.3 Å². The zero-order chi connectivity index (χ0) is 18.1. The lowest BCUT2D eigenvalue weighted by Crippen LogP contribution is -2.52. The normalized spacial score (nSPS) is 22.3. The summed E-state index contributed by atoms with van der Waals surface area (Å²) in [6, 6.07) is 11.3. The summed E-state index contributed by atoms with van der Waals surface area (Å²) in [7, 11) is 0. The Kier molecular flexibility index (Phi) is 5.22. The van der Waals surface area contributed by atoms with Crippen molar-refractivity contribution in [3.63, 3.8) is 0 Å². The van der Waals surface area contributed by atoms with E-state index in [0.717, 1.165) is 37.2 Å². The summed E-state index contributed by atoms with van der Waals surface area (Å²) in [5, 5.41) is 2.10. The van der Waals surface area contributed by atoms with Gasteiger partial charge in [-0.05, 0) is 39.5 Å². The van der Waals surface area contributed by atoms with Gasteiger partial charge in [-0.25, -0.2) is 4.90 Å². The topological polar surface area (TPSA) is 43.9 Å². The number of para-hydroxylation sites is 1. The third-order valence-corrected chi connectivity index (χ3v) is 6.56. The predicted molar refractivity (Wildman–Crippen MR) is 106 cm³/mol. The maximum atomic E-state index is 12.9. The number of hydrogen-bond acceptors (Lipinski definition) is 5. The Labute approximate surface area is 165 Å². The van der Waals surface area contributed by atoms with Gasteiger partial charge in [0.25, 0.3) is 5.91 Å². The first-order chi connectivity index (χ1) is 12.6. The summed E-state index contributed by atoms with van der Waals surface area (Å²) in [6.45, 7) is 4.44. The Morgan fingerprint density at radius 3 is 2.50 bits per heavy atom. The number of rotatable bonds is 4. The first-order valence-electron chi connectivity index (χ1n) is 8.73. The van der Waals surface area contributed by atoms with E-state index >= 15 is 0 Å². The van der Waals surface area contributed by atoms with Gasteiger partial charge in [0.1, 0.15) is 0 Å². The summed E-state index contributed by atoms with van der Waals surface area (Å²) in [4.78, 5) is 32.7. The van der Waals surface area contributed by atoms with Crippen LogP contribution < -0.4 is 4.90 Å². The highest BCUT2D eigenvalue weighted by atomic mass is 79.9. The molecule has 26 heavy (non-hydrogen) atoms. The highest BCUT2D eigenvalue weighted by Crippen LogP contribution is 2.31. The van der Waals surface area contributed by atoms with Crippen LogP contribution in [0.1, 0.15) is 11.3 Å². The van der Waals surface area contributed by atoms with Gasteiger partial charge in [0, 0.05) is 42.1 Å². The van der Waals surface area contributed by atoms with Gasteiger partial charge in [0.05, 0.1) is 18.2 Å². The van der Waals surface area contributed by atoms with Crippen molar-refractivity contribution in [2.45, 2.75) is 19.0 Å². The highest BCUT2D eigenvalue weighted by Gasteiger charge is 2.43. The van der Waals surface area contributed by atoms with Crippen LogP contribution in [0.4, 0.5) is 5.69 Å². The molecule has 2 aliphatic rings. The van der Waals surface area contributed by atoms with E-state index in [1.807, 2.05) is 18.2 Å². The molecule has 4 rings (SSSR count). The van der Waals surface area contributed by atoms with Crippen LogP contribution in [0, 0.1) is 0 Å². The molecule has 2 aliphatic heterocycles. The summed E-state index contributed by atoms with van der Waals surface area (Å²) in [6.07, 6.45) is 0.269. The van der Waals surface area contributed by atoms with Crippen molar-refractivity contribution in [1.82, 2.24) is 9.80 Å². The quantitative estimate of drug-likeness (QED) is 0.695. The molecule has 1 atom stereocenters. The minimum Gasteiger partial charge on any atom is -0.296 e. The van der Waals surface area contributed by atoms with Gasteiger partial charge < -0.3 is 0 Å². The Bertz CT molecular complexity index is 803. The number of amides is 2. The molecule has 5 nitrogen and oxygen atoms in total. The number of carbonyl (C=O) groups is 2. The van der Waals surface area contributed by atoms with Crippen molar-refractivity contribution in [3.05, 3.63) is 51.1 Å². The van der Waals surface area contributed by atoms with Crippen molar-refractivity contribution in [3.8, 4) is 0 Å². The third kappa shape index (κ3) is 3.49. The molecular weight excluding hydrogens is 414 g/mol. The van der Waals surface area contributed by atoms with E-state index < -0.39 is 0 Å². The summed E-state index contributed by atoms with van der Waals surface area (Å²) in [5.41, 5.74) is 0.640. The minimum absolute atomic E-state index is 0.103. The van der Waals surface area contributed by atoms with E-state index in [4.69, 9.17) is 0 Å². The number of anilines is 1. The van der Waals surface area contributed by atoms with Crippen LogP contribution in [0.15, 0.2) is 46.3 Å². The first kappa shape index (κ1) is 17.9. The lowest BCUT2D eigenvalue weighted by molar-refractivity contribution is -0.123. The van der Waals surface area contributed by atoms with E-state index in [2.05, 4.69) is 43.2 Å². The molecule has 2 saturated heterocycles. The van der Waals surface area contributed by atoms with Gasteiger partial charge >= 0.3 is 0 Å². The SMILES string of the molecule is O=C1C[C@@H](N2CCN(Cc3cccs3)CC2)C(=O)N1c1ccccc1Br. The standard InChI is InChI=1S/C19H20BrN3O2S/c20-15-5-1-2-6-16(15)23-18(24)12-17(19(23)25)22-9-7-21(8-10-22)13-14-4-3-11-26-14/h1-6,11,17H,7-10,12-13H2/t17-/m1/s1. The van der Waals surface area contributed by atoms with Crippen LogP contribution in [0.25, 0.3) is 0 Å². The second-order valence-electron chi connectivity index (χ2n) is 6.63. The van der Waals surface area contributed by atoms with E-state index in [1.54, 1.807) is 17.4 Å². The van der Waals surface area contributed by atoms with Crippen LogP contribution in [0.3, 0.4) is 0 Å². The van der Waals surface area contributed by atoms with Crippen LogP contribution in [0.2, 0.25) is 0 Å². The van der Waals surface area contributed by atoms with Crippen LogP contribution in [-0.4, -0.2) is 53.8 Å². The van der Waals surface area contributed by atoms with Crippen LogP contribution in [0.5, 0.6) is 0 Å². The number of nitrogens with zero attached hydrogens (tertiary/aromatic N) is 3. The minimum atomic E-state index is -0.335. The van der Waals surface area contributed by atoms with E-state index in [0.29, 0.717) is 5.69 Å². The van der Waals surface area contributed by atoms with Crippen LogP contribution in [-0.2, 0) is 16.1 Å². The Hall–Kier alpha value is -1.54. The number of benzene rings is 1. The summed E-state index contributed by atoms with van der Waals surface area (Å²) >= 11 is 5.23. The van der Waals surface area contributed by atoms with Crippen molar-refractivity contribution < 1.29 is 9.59 Å². The number of halogens is 1. The molecule has 0 unspecified atom stereocenters. The molecule has 1 aromatic carbocycles. The van der Waals surface area contributed by atoms with Crippen LogP contribution >= 0.6 is 27.3 Å². The van der Waals surface area contributed by atoms with E-state index in [-0.39, 0.29) is 24.3 Å². The first-order valence-corrected chi connectivity index (χ1v) is 10.4. The van der Waals surface area contributed by atoms with E-state index in [9.17, 15) is 9.59 Å². The highest BCUT2D eigenvalue weighted by molar-refractivity contribution is 9.10. The van der Waals surface area contributed by atoms with Crippen molar-refractivity contribution in [2.24, 2.45) is 0 Å². The van der Waals surface area contributed by atoms with Gasteiger partial charge in [0.15, 0.2) is 0 Å². The molecule has 0 spiro atoms. The molecule has 0 aliphatic carbocycles. The fraction of sp³-hybridized carbons (Fsp3) is 0.368. The average molecular weight is 434 g/mol. The monoisotopic (exact) mass is 433 g/mol. The van der Waals surface area contributed by atoms with Gasteiger partial charge in [0.2, 0.25) is 5.91 Å². The largest absolute Gasteiger partial charge is 0.296 e. The zero-order valence-electron chi connectivity index (χ0n) is 14.3. The number of thiophene rings is 1. The number of imide groups is 1. The second-order valence-corrected chi connectivity index (χ2v) is 8.52. The Morgan fingerprint density at radius 2 is 1.81 bits per heavy atom. The van der Waals surface area contributed by atoms with Crippen molar-refractivity contribution in [2.75, 3.05) is 31.1 Å². The lowest BCUT2D eigenvalue weighted by Gasteiger charge is -2.36. The maximum Gasteiger partial charge on any atom is 0.251 e. The number of piperazine rings is 1. The fourth-order valence-electron chi connectivity index (χ4n) is 3.64. The average Bonchev–Trinajstić information content (AvgIpc) is 3.25. The molecule has 136 valence electrons. The molecule has 3 heterocycles. The molecule has 1 aromatic heterocycles. The molecule has 2 amide bonds. The van der Waals surface area contributed by atoms with E-state index in [1.165, 1.54) is 9.78 Å². The van der Waals surface area contributed by atoms with Gasteiger partial charge in [-0.1, -0.05) is 18.2 Å². The van der Waals surface area contributed by atoms with Crippen molar-refractivity contribution >= 4 is 44.8 Å². The zero-order valence-corrected chi connectivity index (χ0v) is 16.7. The predicted octanol–water partition coefficient (Wildman–Crippen LogP) is 2.96. The Morgan fingerprint density at radius 1 is 1.04 bits per heavy atom. The lowest BCUT2D eigenvalue weighted by atomic mass is 10.1. The molecular formula is C19H20BrN3O2S. The summed E-state index contributed by atoms with van der Waals surface area (Å²) in [5.74, 6) is -0.221. The Balaban J connectivity index is 1.41. The molecule has 0 saturated carbocycles. The smallest absolute Gasteiger partial charge is 0.251 e. The molecule has 0 radical (unpaired) electrons. The fourth-order valence-corrected chi connectivity index (χ4v) is 4.85. The van der Waals surface area contributed by atoms with Crippen molar-refractivity contribution in [1.29, 1.82) is 0 Å². The van der Waals surface area contributed by atoms with Gasteiger partial charge in [-0.2, -0.15) is 0 Å². The molecule has 0 N–H and O–H groups in total. The van der Waals surface area contributed by atoms with Gasteiger partial charge in [-0.3, -0.25) is 19.4 Å². The molecule has 2 fully saturated rings.